The molecule has 7 heteroatoms. The highest BCUT2D eigenvalue weighted by atomic mass is 16.5. The van der Waals surface area contributed by atoms with Gasteiger partial charge < -0.3 is 24.5 Å². The fourth-order valence-corrected chi connectivity index (χ4v) is 3.34. The maximum atomic E-state index is 9.85. The van der Waals surface area contributed by atoms with Gasteiger partial charge in [0.1, 0.15) is 11.6 Å². The van der Waals surface area contributed by atoms with Crippen molar-refractivity contribution in [2.75, 3.05) is 69.3 Å². The number of nitrogens with zero attached hydrogens (tertiary/aromatic N) is 5. The van der Waals surface area contributed by atoms with Gasteiger partial charge in [-0.1, -0.05) is 12.1 Å². The molecule has 3 heterocycles. The standard InChI is InChI=1S/C19H25N5O2/c1-22-5-7-24(8-6-22)19-20-17(15-3-2-4-16(25)13-15)14-18(21-19)23-9-11-26-12-10-23/h2-4,13-14,25H,5-12H2,1H3. The zero-order valence-electron chi connectivity index (χ0n) is 15.1. The number of rotatable bonds is 3. The summed E-state index contributed by atoms with van der Waals surface area (Å²) in [6.07, 6.45) is 0. The van der Waals surface area contributed by atoms with Crippen molar-refractivity contribution in [3.05, 3.63) is 30.3 Å². The molecule has 0 aliphatic carbocycles. The maximum Gasteiger partial charge on any atom is 0.227 e. The predicted octanol–water partition coefficient (Wildman–Crippen LogP) is 1.44. The van der Waals surface area contributed by atoms with Crippen molar-refractivity contribution in [3.63, 3.8) is 0 Å². The van der Waals surface area contributed by atoms with Crippen molar-refractivity contribution in [1.29, 1.82) is 0 Å². The molecule has 0 spiro atoms. The Morgan fingerprint density at radius 1 is 0.923 bits per heavy atom. The lowest BCUT2D eigenvalue weighted by Gasteiger charge is -2.34. The second-order valence-corrected chi connectivity index (χ2v) is 6.85. The summed E-state index contributed by atoms with van der Waals surface area (Å²) in [5.41, 5.74) is 1.74. The molecule has 2 aliphatic heterocycles. The SMILES string of the molecule is CN1CCN(c2nc(-c3cccc(O)c3)cc(N3CCOCC3)n2)CC1. The first kappa shape index (κ1) is 17.1. The third-order valence-corrected chi connectivity index (χ3v) is 4.96. The Bertz CT molecular complexity index is 755. The number of aromatic hydroxyl groups is 1. The van der Waals surface area contributed by atoms with Crippen LogP contribution in [-0.2, 0) is 4.74 Å². The van der Waals surface area contributed by atoms with Crippen molar-refractivity contribution >= 4 is 11.8 Å². The van der Waals surface area contributed by atoms with E-state index in [0.29, 0.717) is 0 Å². The van der Waals surface area contributed by atoms with Crippen molar-refractivity contribution in [2.24, 2.45) is 0 Å². The van der Waals surface area contributed by atoms with E-state index in [2.05, 4.69) is 21.7 Å². The van der Waals surface area contributed by atoms with Crippen LogP contribution in [0.5, 0.6) is 5.75 Å². The Morgan fingerprint density at radius 3 is 2.42 bits per heavy atom. The van der Waals surface area contributed by atoms with Crippen LogP contribution in [0.4, 0.5) is 11.8 Å². The van der Waals surface area contributed by atoms with Gasteiger partial charge in [0.25, 0.3) is 0 Å². The Balaban J connectivity index is 1.71. The van der Waals surface area contributed by atoms with Gasteiger partial charge in [0.05, 0.1) is 18.9 Å². The van der Waals surface area contributed by atoms with Gasteiger partial charge in [0, 0.05) is 50.9 Å². The van der Waals surface area contributed by atoms with Crippen LogP contribution >= 0.6 is 0 Å². The van der Waals surface area contributed by atoms with E-state index in [0.717, 1.165) is 75.5 Å². The second-order valence-electron chi connectivity index (χ2n) is 6.85. The number of hydrogen-bond donors (Lipinski definition) is 1. The number of phenolic OH excluding ortho intramolecular Hbond substituents is 1. The first-order valence-electron chi connectivity index (χ1n) is 9.14. The fraction of sp³-hybridized carbons (Fsp3) is 0.474. The van der Waals surface area contributed by atoms with Gasteiger partial charge in [-0.3, -0.25) is 0 Å². The average molecular weight is 355 g/mol. The van der Waals surface area contributed by atoms with Crippen molar-refractivity contribution in [2.45, 2.75) is 0 Å². The summed E-state index contributed by atoms with van der Waals surface area (Å²) in [6.45, 7) is 6.95. The smallest absolute Gasteiger partial charge is 0.227 e. The Hall–Kier alpha value is -2.38. The first-order valence-corrected chi connectivity index (χ1v) is 9.14. The number of benzene rings is 1. The van der Waals surface area contributed by atoms with E-state index >= 15 is 0 Å². The Morgan fingerprint density at radius 2 is 1.69 bits per heavy atom. The molecule has 0 unspecified atom stereocenters. The van der Waals surface area contributed by atoms with Crippen molar-refractivity contribution in [1.82, 2.24) is 14.9 Å². The van der Waals surface area contributed by atoms with E-state index in [1.165, 1.54) is 0 Å². The lowest BCUT2D eigenvalue weighted by molar-refractivity contribution is 0.122. The van der Waals surface area contributed by atoms with Gasteiger partial charge in [-0.15, -0.1) is 0 Å². The van der Waals surface area contributed by atoms with Crippen LogP contribution in [0, 0.1) is 0 Å². The van der Waals surface area contributed by atoms with Crippen LogP contribution < -0.4 is 9.80 Å². The van der Waals surface area contributed by atoms with Gasteiger partial charge in [0.15, 0.2) is 0 Å². The highest BCUT2D eigenvalue weighted by molar-refractivity contribution is 5.66. The lowest BCUT2D eigenvalue weighted by Crippen LogP contribution is -2.45. The van der Waals surface area contributed by atoms with Gasteiger partial charge in [-0.05, 0) is 19.2 Å². The average Bonchev–Trinajstić information content (AvgIpc) is 2.69. The third kappa shape index (κ3) is 3.73. The normalized spacial score (nSPS) is 19.0. The van der Waals surface area contributed by atoms with Crippen LogP contribution in [0.15, 0.2) is 30.3 Å². The van der Waals surface area contributed by atoms with E-state index in [9.17, 15) is 5.11 Å². The molecule has 26 heavy (non-hydrogen) atoms. The zero-order chi connectivity index (χ0) is 17.9. The number of ether oxygens (including phenoxy) is 1. The molecule has 2 aliphatic rings. The quantitative estimate of drug-likeness (QED) is 0.894. The largest absolute Gasteiger partial charge is 0.508 e. The Kier molecular flexibility index (Phi) is 4.90. The van der Waals surface area contributed by atoms with Crippen molar-refractivity contribution < 1.29 is 9.84 Å². The monoisotopic (exact) mass is 355 g/mol. The maximum absolute atomic E-state index is 9.85. The summed E-state index contributed by atoms with van der Waals surface area (Å²) in [4.78, 5) is 16.5. The lowest BCUT2D eigenvalue weighted by atomic mass is 10.1. The van der Waals surface area contributed by atoms with Crippen LogP contribution in [0.2, 0.25) is 0 Å². The Labute approximate surface area is 153 Å². The molecule has 1 aromatic carbocycles. The minimum Gasteiger partial charge on any atom is -0.508 e. The molecule has 0 amide bonds. The van der Waals surface area contributed by atoms with Gasteiger partial charge in [-0.25, -0.2) is 4.98 Å². The van der Waals surface area contributed by atoms with E-state index < -0.39 is 0 Å². The number of piperazine rings is 1. The molecule has 1 N–H and O–H groups in total. The summed E-state index contributed by atoms with van der Waals surface area (Å²) < 4.78 is 5.48. The van der Waals surface area contributed by atoms with E-state index in [4.69, 9.17) is 14.7 Å². The molecular weight excluding hydrogens is 330 g/mol. The molecule has 138 valence electrons. The summed E-state index contributed by atoms with van der Waals surface area (Å²) in [6, 6.07) is 9.25. The van der Waals surface area contributed by atoms with E-state index in [-0.39, 0.29) is 5.75 Å². The number of morpholine rings is 1. The topological polar surface area (TPSA) is 65.0 Å². The fourth-order valence-electron chi connectivity index (χ4n) is 3.34. The summed E-state index contributed by atoms with van der Waals surface area (Å²) in [5.74, 6) is 1.94. The number of anilines is 2. The number of phenols is 1. The molecular formula is C19H25N5O2. The van der Waals surface area contributed by atoms with Gasteiger partial charge in [0.2, 0.25) is 5.95 Å². The van der Waals surface area contributed by atoms with Gasteiger partial charge >= 0.3 is 0 Å². The molecule has 1 aromatic heterocycles. The van der Waals surface area contributed by atoms with Crippen molar-refractivity contribution in [3.8, 4) is 17.0 Å². The van der Waals surface area contributed by atoms with Crippen LogP contribution in [0.25, 0.3) is 11.3 Å². The minimum atomic E-state index is 0.246. The first-order chi connectivity index (χ1) is 12.7. The van der Waals surface area contributed by atoms with Gasteiger partial charge in [-0.2, -0.15) is 4.98 Å². The molecule has 2 saturated heterocycles. The van der Waals surface area contributed by atoms with Crippen LogP contribution in [0.3, 0.4) is 0 Å². The molecule has 2 aromatic rings. The second kappa shape index (κ2) is 7.47. The summed E-state index contributed by atoms with van der Waals surface area (Å²) in [7, 11) is 2.14. The number of likely N-dealkylation sites (N-methyl/N-ethyl adjacent to an activating group) is 1. The summed E-state index contributed by atoms with van der Waals surface area (Å²) >= 11 is 0. The highest BCUT2D eigenvalue weighted by Gasteiger charge is 2.21. The molecule has 4 rings (SSSR count). The third-order valence-electron chi connectivity index (χ3n) is 4.96. The number of aromatic nitrogens is 2. The van der Waals surface area contributed by atoms with E-state index in [1.807, 2.05) is 18.2 Å². The molecule has 0 radical (unpaired) electrons. The molecule has 0 saturated carbocycles. The molecule has 0 atom stereocenters. The molecule has 7 nitrogen and oxygen atoms in total. The minimum absolute atomic E-state index is 0.246. The summed E-state index contributed by atoms with van der Waals surface area (Å²) in [5, 5.41) is 9.85. The van der Waals surface area contributed by atoms with Crippen LogP contribution in [0.1, 0.15) is 0 Å². The molecule has 0 bridgehead atoms. The van der Waals surface area contributed by atoms with Crippen LogP contribution in [-0.4, -0.2) is 79.5 Å². The molecule has 2 fully saturated rings. The highest BCUT2D eigenvalue weighted by Crippen LogP contribution is 2.27. The zero-order valence-corrected chi connectivity index (χ0v) is 15.1. The predicted molar refractivity (Wildman–Crippen MR) is 102 cm³/mol. The van der Waals surface area contributed by atoms with E-state index in [1.54, 1.807) is 12.1 Å². The number of hydrogen-bond acceptors (Lipinski definition) is 7.